The molecule has 1 saturated carbocycles. The van der Waals surface area contributed by atoms with E-state index >= 15 is 0 Å². The second kappa shape index (κ2) is 5.70. The number of hydrogen-bond acceptors (Lipinski definition) is 5. The zero-order valence-electron chi connectivity index (χ0n) is 12.1. The molecule has 3 aromatic rings. The predicted molar refractivity (Wildman–Crippen MR) is 88.2 cm³/mol. The third kappa shape index (κ3) is 2.60. The fraction of sp³-hybridized carbons (Fsp3) is 0.375. The average Bonchev–Trinajstić information content (AvgIpc) is 3.18. The number of aliphatic hydroxyl groups is 1. The first-order chi connectivity index (χ1) is 10.8. The Labute approximate surface area is 132 Å². The van der Waals surface area contributed by atoms with Gasteiger partial charge < -0.3 is 10.4 Å². The van der Waals surface area contributed by atoms with Crippen LogP contribution in [0, 0.1) is 0 Å². The fourth-order valence-electron chi connectivity index (χ4n) is 2.99. The first-order valence-electron chi connectivity index (χ1n) is 7.61. The number of rotatable bonds is 3. The molecule has 22 heavy (non-hydrogen) atoms. The monoisotopic (exact) mass is 314 g/mol. The number of aromatic nitrogens is 3. The van der Waals surface area contributed by atoms with Crippen molar-refractivity contribution in [3.05, 3.63) is 35.2 Å². The molecule has 5 nitrogen and oxygen atoms in total. The second-order valence-corrected chi connectivity index (χ2v) is 6.57. The Bertz CT molecular complexity index is 760. The van der Waals surface area contributed by atoms with Crippen molar-refractivity contribution >= 4 is 22.8 Å². The van der Waals surface area contributed by atoms with Crippen LogP contribution in [-0.4, -0.2) is 31.9 Å². The van der Waals surface area contributed by atoms with Crippen LogP contribution in [0.2, 0.25) is 0 Å². The predicted octanol–water partition coefficient (Wildman–Crippen LogP) is 3.17. The molecule has 0 unspecified atom stereocenters. The lowest BCUT2D eigenvalue weighted by Gasteiger charge is -2.26. The molecular formula is C16H18N4OS. The number of anilines is 1. The Morgan fingerprint density at radius 2 is 2.05 bits per heavy atom. The van der Waals surface area contributed by atoms with Gasteiger partial charge in [-0.25, -0.2) is 9.50 Å². The van der Waals surface area contributed by atoms with Crippen molar-refractivity contribution in [3.63, 3.8) is 0 Å². The minimum Gasteiger partial charge on any atom is -0.393 e. The first kappa shape index (κ1) is 13.7. The zero-order valence-corrected chi connectivity index (χ0v) is 13.0. The van der Waals surface area contributed by atoms with E-state index in [0.717, 1.165) is 48.4 Å². The Balaban J connectivity index is 1.61. The molecular weight excluding hydrogens is 296 g/mol. The normalized spacial score (nSPS) is 22.0. The highest BCUT2D eigenvalue weighted by molar-refractivity contribution is 7.08. The van der Waals surface area contributed by atoms with Crippen molar-refractivity contribution in [3.8, 4) is 11.3 Å². The van der Waals surface area contributed by atoms with Crippen LogP contribution in [0.4, 0.5) is 5.82 Å². The molecule has 1 aliphatic rings. The van der Waals surface area contributed by atoms with Crippen LogP contribution in [0.1, 0.15) is 25.7 Å². The molecule has 0 atom stereocenters. The summed E-state index contributed by atoms with van der Waals surface area (Å²) in [4.78, 5) is 4.42. The van der Waals surface area contributed by atoms with Crippen LogP contribution in [0.5, 0.6) is 0 Å². The maximum atomic E-state index is 9.59. The van der Waals surface area contributed by atoms with Gasteiger partial charge in [0.2, 0.25) is 0 Å². The van der Waals surface area contributed by atoms with E-state index in [1.807, 2.05) is 22.8 Å². The molecule has 4 rings (SSSR count). The topological polar surface area (TPSA) is 62.5 Å². The molecule has 0 bridgehead atoms. The van der Waals surface area contributed by atoms with Crippen molar-refractivity contribution in [1.82, 2.24) is 14.6 Å². The molecule has 0 saturated heterocycles. The van der Waals surface area contributed by atoms with Crippen molar-refractivity contribution in [2.24, 2.45) is 0 Å². The molecule has 0 aliphatic heterocycles. The van der Waals surface area contributed by atoms with E-state index < -0.39 is 0 Å². The van der Waals surface area contributed by atoms with Gasteiger partial charge >= 0.3 is 0 Å². The summed E-state index contributed by atoms with van der Waals surface area (Å²) in [7, 11) is 0. The smallest absolute Gasteiger partial charge is 0.154 e. The SMILES string of the molecule is O[C@H]1CC[C@H](Nc2ccc3ncc(-c4ccsc4)n3n2)CC1. The lowest BCUT2D eigenvalue weighted by molar-refractivity contribution is 0.126. The van der Waals surface area contributed by atoms with Gasteiger partial charge in [0.15, 0.2) is 5.65 Å². The van der Waals surface area contributed by atoms with Crippen LogP contribution in [-0.2, 0) is 0 Å². The molecule has 0 amide bonds. The standard InChI is InChI=1S/C16H18N4OS/c21-13-3-1-12(2-4-13)18-15-5-6-16-17-9-14(20(16)19-15)11-7-8-22-10-11/h5-10,12-13,21H,1-4H2,(H,18,19)/t12-,13-. The number of nitrogens with one attached hydrogen (secondary N) is 1. The fourth-order valence-corrected chi connectivity index (χ4v) is 3.64. The van der Waals surface area contributed by atoms with Gasteiger partial charge in [-0.05, 0) is 49.3 Å². The number of aliphatic hydroxyl groups excluding tert-OH is 1. The molecule has 2 N–H and O–H groups in total. The van der Waals surface area contributed by atoms with Gasteiger partial charge in [-0.3, -0.25) is 0 Å². The molecule has 0 radical (unpaired) electrons. The van der Waals surface area contributed by atoms with Gasteiger partial charge in [0.1, 0.15) is 5.82 Å². The van der Waals surface area contributed by atoms with Crippen molar-refractivity contribution in [1.29, 1.82) is 0 Å². The maximum Gasteiger partial charge on any atom is 0.154 e. The number of fused-ring (bicyclic) bond motifs is 1. The molecule has 6 heteroatoms. The summed E-state index contributed by atoms with van der Waals surface area (Å²) < 4.78 is 1.89. The highest BCUT2D eigenvalue weighted by Gasteiger charge is 2.19. The molecule has 0 aromatic carbocycles. The van der Waals surface area contributed by atoms with Crippen molar-refractivity contribution < 1.29 is 5.11 Å². The van der Waals surface area contributed by atoms with Crippen LogP contribution in [0.3, 0.4) is 0 Å². The maximum absolute atomic E-state index is 9.59. The summed E-state index contributed by atoms with van der Waals surface area (Å²) in [6.45, 7) is 0. The van der Waals surface area contributed by atoms with E-state index in [1.54, 1.807) is 11.3 Å². The molecule has 114 valence electrons. The molecule has 3 aromatic heterocycles. The largest absolute Gasteiger partial charge is 0.393 e. The zero-order chi connectivity index (χ0) is 14.9. The van der Waals surface area contributed by atoms with E-state index in [9.17, 15) is 5.11 Å². The van der Waals surface area contributed by atoms with Crippen LogP contribution in [0.15, 0.2) is 35.2 Å². The lowest BCUT2D eigenvalue weighted by Crippen LogP contribution is -2.28. The van der Waals surface area contributed by atoms with Gasteiger partial charge in [-0.2, -0.15) is 11.3 Å². The minimum atomic E-state index is -0.132. The summed E-state index contributed by atoms with van der Waals surface area (Å²) in [5, 5.41) is 21.9. The Morgan fingerprint density at radius 1 is 1.18 bits per heavy atom. The van der Waals surface area contributed by atoms with E-state index in [0.29, 0.717) is 6.04 Å². The van der Waals surface area contributed by atoms with Crippen LogP contribution < -0.4 is 5.32 Å². The second-order valence-electron chi connectivity index (χ2n) is 5.79. The van der Waals surface area contributed by atoms with Gasteiger partial charge in [0, 0.05) is 17.0 Å². The van der Waals surface area contributed by atoms with Gasteiger partial charge in [-0.1, -0.05) is 0 Å². The Kier molecular flexibility index (Phi) is 3.56. The van der Waals surface area contributed by atoms with Crippen molar-refractivity contribution in [2.75, 3.05) is 5.32 Å². The van der Waals surface area contributed by atoms with Gasteiger partial charge in [-0.15, -0.1) is 5.10 Å². The number of thiophene rings is 1. The van der Waals surface area contributed by atoms with Gasteiger partial charge in [0.05, 0.1) is 18.0 Å². The number of imidazole rings is 1. The average molecular weight is 314 g/mol. The van der Waals surface area contributed by atoms with E-state index in [2.05, 4.69) is 32.2 Å². The lowest BCUT2D eigenvalue weighted by atomic mass is 9.93. The molecule has 3 heterocycles. The summed E-state index contributed by atoms with van der Waals surface area (Å²) in [5.41, 5.74) is 3.01. The summed E-state index contributed by atoms with van der Waals surface area (Å²) in [6, 6.07) is 6.44. The first-order valence-corrected chi connectivity index (χ1v) is 8.56. The van der Waals surface area contributed by atoms with Crippen LogP contribution >= 0.6 is 11.3 Å². The van der Waals surface area contributed by atoms with Gasteiger partial charge in [0.25, 0.3) is 0 Å². The van der Waals surface area contributed by atoms with E-state index in [4.69, 9.17) is 0 Å². The third-order valence-corrected chi connectivity index (χ3v) is 4.91. The Morgan fingerprint density at radius 3 is 2.82 bits per heavy atom. The summed E-state index contributed by atoms with van der Waals surface area (Å²) in [6.07, 6.45) is 5.44. The summed E-state index contributed by atoms with van der Waals surface area (Å²) >= 11 is 1.67. The van der Waals surface area contributed by atoms with Crippen molar-refractivity contribution in [2.45, 2.75) is 37.8 Å². The molecule has 1 fully saturated rings. The third-order valence-electron chi connectivity index (χ3n) is 4.23. The molecule has 1 aliphatic carbocycles. The summed E-state index contributed by atoms with van der Waals surface area (Å²) in [5.74, 6) is 0.864. The minimum absolute atomic E-state index is 0.132. The van der Waals surface area contributed by atoms with E-state index in [-0.39, 0.29) is 6.10 Å². The number of nitrogens with zero attached hydrogens (tertiary/aromatic N) is 3. The Hall–Kier alpha value is -1.92. The number of hydrogen-bond donors (Lipinski definition) is 2. The molecule has 0 spiro atoms. The van der Waals surface area contributed by atoms with E-state index in [1.165, 1.54) is 0 Å². The van der Waals surface area contributed by atoms with Crippen LogP contribution in [0.25, 0.3) is 16.9 Å². The highest BCUT2D eigenvalue weighted by atomic mass is 32.1. The highest BCUT2D eigenvalue weighted by Crippen LogP contribution is 2.24. The quantitative estimate of drug-likeness (QED) is 0.779.